The molecule has 3 fully saturated rings. The van der Waals surface area contributed by atoms with Crippen molar-refractivity contribution in [1.29, 1.82) is 0 Å². The Balaban J connectivity index is 1.45. The number of alkyl halides is 1. The molecule has 3 aliphatic heterocycles. The number of fused-ring (bicyclic) bond motifs is 3. The number of aryl methyl sites for hydroxylation is 1. The van der Waals surface area contributed by atoms with Crippen LogP contribution >= 0.6 is 0 Å². The molecule has 9 nitrogen and oxygen atoms in total. The first-order valence-electron chi connectivity index (χ1n) is 18.3. The number of carbonyl (C=O) groups is 1. The second-order valence-corrected chi connectivity index (χ2v) is 15.3. The van der Waals surface area contributed by atoms with Crippen LogP contribution in [-0.4, -0.2) is 76.1 Å². The number of nitrogens with zero attached hydrogens (tertiary/aromatic N) is 5. The predicted molar refractivity (Wildman–Crippen MR) is 199 cm³/mol. The molecule has 3 aliphatic rings. The summed E-state index contributed by atoms with van der Waals surface area (Å²) in [5, 5.41) is 4.81. The fourth-order valence-electron chi connectivity index (χ4n) is 8.30. The molecule has 2 atom stereocenters. The Hall–Kier alpha value is -4.58. The van der Waals surface area contributed by atoms with Crippen LogP contribution in [0, 0.1) is 11.6 Å². The molecule has 52 heavy (non-hydrogen) atoms. The third-order valence-corrected chi connectivity index (χ3v) is 10.6. The van der Waals surface area contributed by atoms with Crippen LogP contribution in [0.1, 0.15) is 77.3 Å². The number of nitrogens with two attached hydrogens (primary N) is 1. The summed E-state index contributed by atoms with van der Waals surface area (Å²) >= 11 is 0. The summed E-state index contributed by atoms with van der Waals surface area (Å²) in [6, 6.07) is 8.10. The van der Waals surface area contributed by atoms with Gasteiger partial charge in [0, 0.05) is 42.7 Å². The number of carbonyl (C=O) groups excluding carboxylic acids is 1. The summed E-state index contributed by atoms with van der Waals surface area (Å²) in [7, 11) is 0. The van der Waals surface area contributed by atoms with Crippen molar-refractivity contribution in [2.45, 2.75) is 90.0 Å². The summed E-state index contributed by atoms with van der Waals surface area (Å²) in [5.74, 6) is -0.813. The van der Waals surface area contributed by atoms with Gasteiger partial charge in [-0.25, -0.2) is 23.0 Å². The van der Waals surface area contributed by atoms with Gasteiger partial charge in [0.15, 0.2) is 11.6 Å². The van der Waals surface area contributed by atoms with Crippen LogP contribution in [0.2, 0.25) is 0 Å². The smallest absolute Gasteiger partial charge is 0.429 e. The van der Waals surface area contributed by atoms with Gasteiger partial charge in [-0.05, 0) is 118 Å². The van der Waals surface area contributed by atoms with Crippen molar-refractivity contribution in [3.05, 3.63) is 59.7 Å². The third kappa shape index (κ3) is 6.50. The fourth-order valence-corrected chi connectivity index (χ4v) is 8.30. The number of aromatic nitrogens is 2. The lowest BCUT2D eigenvalue weighted by Crippen LogP contribution is -2.49. The van der Waals surface area contributed by atoms with Crippen molar-refractivity contribution in [2.75, 3.05) is 43.5 Å². The zero-order chi connectivity index (χ0) is 36.9. The third-order valence-electron chi connectivity index (χ3n) is 10.6. The molecule has 0 unspecified atom stereocenters. The van der Waals surface area contributed by atoms with E-state index in [2.05, 4.69) is 16.5 Å². The average molecular weight is 717 g/mol. The van der Waals surface area contributed by atoms with Gasteiger partial charge < -0.3 is 15.2 Å². The van der Waals surface area contributed by atoms with E-state index in [0.717, 1.165) is 38.6 Å². The van der Waals surface area contributed by atoms with E-state index in [0.29, 0.717) is 71.0 Å². The minimum absolute atomic E-state index is 0.0467. The van der Waals surface area contributed by atoms with E-state index < -0.39 is 35.0 Å². The molecule has 7 rings (SSSR count). The number of hydrazine groups is 1. The SMILES string of the molecule is C=Cc1cc2c(N3CCCCCN3C(=O)OC(C)(C)C)nc(OC[C@@]34CCCN3C[C@H](F)C4)nc2c(F)c1-c1cc(N)cc2ccc(F)c(CC)c12. The molecule has 2 N–H and O–H groups in total. The minimum Gasteiger partial charge on any atom is -0.461 e. The molecule has 0 radical (unpaired) electrons. The fraction of sp³-hybridized carbons (Fsp3) is 0.475. The highest BCUT2D eigenvalue weighted by Crippen LogP contribution is 2.44. The highest BCUT2D eigenvalue weighted by atomic mass is 19.1. The summed E-state index contributed by atoms with van der Waals surface area (Å²) in [6.07, 6.45) is 4.78. The van der Waals surface area contributed by atoms with Crippen LogP contribution in [0.3, 0.4) is 0 Å². The lowest BCUT2D eigenvalue weighted by Gasteiger charge is -2.36. The number of ether oxygens (including phenoxy) is 2. The molecule has 3 saturated heterocycles. The first-order valence-corrected chi connectivity index (χ1v) is 18.3. The number of nitrogen functional groups attached to an aromatic ring is 1. The van der Waals surface area contributed by atoms with Crippen LogP contribution in [0.5, 0.6) is 6.01 Å². The maximum absolute atomic E-state index is 17.6. The Kier molecular flexibility index (Phi) is 9.48. The number of benzene rings is 3. The summed E-state index contributed by atoms with van der Waals surface area (Å²) in [5.41, 5.74) is 6.88. The molecule has 1 amide bonds. The summed E-state index contributed by atoms with van der Waals surface area (Å²) in [6.45, 7) is 13.3. The maximum atomic E-state index is 17.6. The predicted octanol–water partition coefficient (Wildman–Crippen LogP) is 8.61. The number of hydrogen-bond acceptors (Lipinski definition) is 8. The van der Waals surface area contributed by atoms with Gasteiger partial charge >= 0.3 is 12.1 Å². The van der Waals surface area contributed by atoms with E-state index in [9.17, 15) is 9.18 Å². The Labute approximate surface area is 302 Å². The summed E-state index contributed by atoms with van der Waals surface area (Å²) < 4.78 is 59.7. The standard InChI is InChI=1S/C40H47F3N6O3/c1-6-24-19-30-35(34(43)33(24)29-20-27(44)18-25-12-13-31(42)28(7-2)32(25)29)45-37(51-23-40-14-11-15-47(40)22-26(41)21-40)46-36(30)48-16-9-8-10-17-49(48)38(50)52-39(3,4)5/h6,12-13,18-20,26H,1,7-11,14-17,21-23,44H2,2-5H3/t26-,40+/m1/s1. The van der Waals surface area contributed by atoms with Crippen LogP contribution < -0.4 is 15.5 Å². The number of amides is 1. The quantitative estimate of drug-likeness (QED) is 0.190. The van der Waals surface area contributed by atoms with Crippen LogP contribution in [0.4, 0.5) is 29.5 Å². The molecule has 0 aliphatic carbocycles. The Bertz CT molecular complexity index is 2050. The normalized spacial score (nSPS) is 21.1. The van der Waals surface area contributed by atoms with Crippen molar-refractivity contribution in [2.24, 2.45) is 0 Å². The van der Waals surface area contributed by atoms with Gasteiger partial charge in [-0.2, -0.15) is 9.97 Å². The number of anilines is 2. The van der Waals surface area contributed by atoms with Gasteiger partial charge in [-0.15, -0.1) is 0 Å². The molecule has 4 aromatic rings. The lowest BCUT2D eigenvalue weighted by molar-refractivity contribution is 0.0232. The second kappa shape index (κ2) is 13.8. The van der Waals surface area contributed by atoms with Crippen molar-refractivity contribution < 1.29 is 27.4 Å². The molecule has 1 aromatic heterocycles. The van der Waals surface area contributed by atoms with Crippen LogP contribution in [0.25, 0.3) is 38.9 Å². The molecule has 0 spiro atoms. The van der Waals surface area contributed by atoms with Gasteiger partial charge in [0.2, 0.25) is 0 Å². The zero-order valence-corrected chi connectivity index (χ0v) is 30.4. The van der Waals surface area contributed by atoms with Crippen molar-refractivity contribution in [1.82, 2.24) is 19.9 Å². The summed E-state index contributed by atoms with van der Waals surface area (Å²) in [4.78, 5) is 25.4. The van der Waals surface area contributed by atoms with E-state index >= 15 is 8.78 Å². The number of halogens is 3. The van der Waals surface area contributed by atoms with Gasteiger partial charge in [-0.3, -0.25) is 9.91 Å². The molecular weight excluding hydrogens is 669 g/mol. The number of rotatable bonds is 7. The lowest BCUT2D eigenvalue weighted by atomic mass is 9.89. The van der Waals surface area contributed by atoms with Gasteiger partial charge in [-0.1, -0.05) is 25.6 Å². The highest BCUT2D eigenvalue weighted by Gasteiger charge is 2.49. The second-order valence-electron chi connectivity index (χ2n) is 15.3. The van der Waals surface area contributed by atoms with Crippen molar-refractivity contribution in [3.63, 3.8) is 0 Å². The average Bonchev–Trinajstić information content (AvgIpc) is 3.49. The topological polar surface area (TPSA) is 97.0 Å². The Morgan fingerprint density at radius 1 is 1.10 bits per heavy atom. The van der Waals surface area contributed by atoms with Crippen LogP contribution in [0.15, 0.2) is 36.9 Å². The molecule has 3 aromatic carbocycles. The minimum atomic E-state index is -0.959. The first kappa shape index (κ1) is 35.8. The largest absolute Gasteiger partial charge is 0.461 e. The monoisotopic (exact) mass is 716 g/mol. The number of hydrogen-bond donors (Lipinski definition) is 1. The molecule has 0 saturated carbocycles. The van der Waals surface area contributed by atoms with E-state index in [4.69, 9.17) is 20.2 Å². The Morgan fingerprint density at radius 2 is 1.88 bits per heavy atom. The molecular formula is C40H47F3N6O3. The zero-order valence-electron chi connectivity index (χ0n) is 30.4. The van der Waals surface area contributed by atoms with E-state index in [-0.39, 0.29) is 29.5 Å². The Morgan fingerprint density at radius 3 is 2.63 bits per heavy atom. The van der Waals surface area contributed by atoms with Crippen molar-refractivity contribution >= 4 is 45.3 Å². The van der Waals surface area contributed by atoms with Crippen molar-refractivity contribution in [3.8, 4) is 17.1 Å². The van der Waals surface area contributed by atoms with E-state index in [1.54, 1.807) is 56.1 Å². The van der Waals surface area contributed by atoms with Gasteiger partial charge in [0.25, 0.3) is 0 Å². The van der Waals surface area contributed by atoms with Gasteiger partial charge in [0.1, 0.15) is 29.7 Å². The molecule has 0 bridgehead atoms. The van der Waals surface area contributed by atoms with E-state index in [1.807, 2.05) is 6.92 Å². The first-order chi connectivity index (χ1) is 24.8. The highest BCUT2D eigenvalue weighted by molar-refractivity contribution is 6.06. The van der Waals surface area contributed by atoms with Crippen LogP contribution in [-0.2, 0) is 11.2 Å². The van der Waals surface area contributed by atoms with Gasteiger partial charge in [0.05, 0.1) is 5.54 Å². The molecule has 4 heterocycles. The maximum Gasteiger partial charge on any atom is 0.429 e. The molecule has 276 valence electrons. The molecule has 12 heteroatoms. The van der Waals surface area contributed by atoms with E-state index in [1.165, 1.54) is 11.1 Å².